The molecule has 3 rings (SSSR count). The number of anilines is 1. The van der Waals surface area contributed by atoms with Gasteiger partial charge in [0.05, 0.1) is 19.2 Å². The number of esters is 1. The third-order valence-corrected chi connectivity index (χ3v) is 4.66. The highest BCUT2D eigenvalue weighted by molar-refractivity contribution is 6.00. The van der Waals surface area contributed by atoms with E-state index in [-0.39, 0.29) is 19.2 Å². The molecule has 3 heterocycles. The number of carbonyl (C=O) groups is 3. The summed E-state index contributed by atoms with van der Waals surface area (Å²) >= 11 is 0. The van der Waals surface area contributed by atoms with Crippen molar-refractivity contribution in [3.63, 3.8) is 0 Å². The molecule has 1 N–H and O–H groups in total. The van der Waals surface area contributed by atoms with Crippen LogP contribution in [0.3, 0.4) is 0 Å². The Labute approximate surface area is 156 Å². The summed E-state index contributed by atoms with van der Waals surface area (Å²) in [6, 6.07) is 1.99. The van der Waals surface area contributed by atoms with Gasteiger partial charge >= 0.3 is 11.9 Å². The van der Waals surface area contributed by atoms with Crippen LogP contribution in [0.1, 0.15) is 31.5 Å². The van der Waals surface area contributed by atoms with Crippen LogP contribution in [0.25, 0.3) is 0 Å². The Kier molecular flexibility index (Phi) is 5.76. The van der Waals surface area contributed by atoms with E-state index < -0.39 is 30.1 Å². The average molecular weight is 381 g/mol. The van der Waals surface area contributed by atoms with Crippen molar-refractivity contribution >= 4 is 23.7 Å². The number of carboxylic acid groups (broad SMARTS) is 1. The summed E-state index contributed by atoms with van der Waals surface area (Å²) < 4.78 is 17.4. The molecule has 1 unspecified atom stereocenters. The van der Waals surface area contributed by atoms with Gasteiger partial charge < -0.3 is 19.3 Å². The van der Waals surface area contributed by atoms with Crippen LogP contribution in [-0.2, 0) is 28.6 Å². The number of nitrogens with zero attached hydrogens (tertiary/aromatic N) is 3. The monoisotopic (exact) mass is 381 g/mol. The third kappa shape index (κ3) is 4.11. The SMILES string of the molecule is CC(=O)OC(C(=O)O)[C@H]1OCCN(c2cc(C)n(C3CCOCC3)n2)C1=O. The number of rotatable bonds is 5. The van der Waals surface area contributed by atoms with Gasteiger partial charge in [0.1, 0.15) is 0 Å². The van der Waals surface area contributed by atoms with Gasteiger partial charge in [0.25, 0.3) is 5.91 Å². The lowest BCUT2D eigenvalue weighted by Gasteiger charge is -2.33. The fraction of sp³-hybridized carbons (Fsp3) is 0.647. The minimum Gasteiger partial charge on any atom is -0.478 e. The van der Waals surface area contributed by atoms with Crippen LogP contribution in [-0.4, -0.2) is 71.3 Å². The molecule has 1 aromatic rings. The van der Waals surface area contributed by atoms with E-state index in [0.29, 0.717) is 19.0 Å². The zero-order chi connectivity index (χ0) is 19.6. The van der Waals surface area contributed by atoms with Gasteiger partial charge in [0.2, 0.25) is 6.10 Å². The predicted molar refractivity (Wildman–Crippen MR) is 91.3 cm³/mol. The summed E-state index contributed by atoms with van der Waals surface area (Å²) in [6.07, 6.45) is -1.42. The largest absolute Gasteiger partial charge is 0.478 e. The zero-order valence-corrected chi connectivity index (χ0v) is 15.3. The van der Waals surface area contributed by atoms with Crippen molar-refractivity contribution in [2.24, 2.45) is 0 Å². The molecule has 2 atom stereocenters. The first kappa shape index (κ1) is 19.3. The van der Waals surface area contributed by atoms with Crippen molar-refractivity contribution in [2.45, 2.75) is 44.9 Å². The fourth-order valence-corrected chi connectivity index (χ4v) is 3.37. The van der Waals surface area contributed by atoms with E-state index in [9.17, 15) is 19.5 Å². The quantitative estimate of drug-likeness (QED) is 0.723. The molecule has 0 spiro atoms. The molecular weight excluding hydrogens is 358 g/mol. The number of ether oxygens (including phenoxy) is 3. The highest BCUT2D eigenvalue weighted by Gasteiger charge is 2.43. The number of aryl methyl sites for hydroxylation is 1. The maximum atomic E-state index is 12.8. The lowest BCUT2D eigenvalue weighted by atomic mass is 10.1. The van der Waals surface area contributed by atoms with E-state index in [1.165, 1.54) is 4.90 Å². The van der Waals surface area contributed by atoms with Crippen LogP contribution in [0.15, 0.2) is 6.07 Å². The van der Waals surface area contributed by atoms with Gasteiger partial charge in [-0.25, -0.2) is 4.79 Å². The Morgan fingerprint density at radius 2 is 2.04 bits per heavy atom. The molecule has 0 saturated carbocycles. The smallest absolute Gasteiger partial charge is 0.348 e. The van der Waals surface area contributed by atoms with Gasteiger partial charge in [0.15, 0.2) is 11.9 Å². The minimum atomic E-state index is -1.70. The Bertz CT molecular complexity index is 726. The number of aromatic nitrogens is 2. The second-order valence-electron chi connectivity index (χ2n) is 6.58. The second-order valence-corrected chi connectivity index (χ2v) is 6.58. The molecule has 27 heavy (non-hydrogen) atoms. The van der Waals surface area contributed by atoms with Crippen LogP contribution >= 0.6 is 0 Å². The highest BCUT2D eigenvalue weighted by atomic mass is 16.6. The first-order valence-electron chi connectivity index (χ1n) is 8.85. The van der Waals surface area contributed by atoms with Crippen molar-refractivity contribution in [3.05, 3.63) is 11.8 Å². The molecule has 10 heteroatoms. The molecule has 0 aliphatic carbocycles. The van der Waals surface area contributed by atoms with Gasteiger partial charge in [-0.15, -0.1) is 0 Å². The average Bonchev–Trinajstić information content (AvgIpc) is 3.02. The maximum absolute atomic E-state index is 12.8. The number of aliphatic carboxylic acids is 1. The van der Waals surface area contributed by atoms with E-state index >= 15 is 0 Å². The standard InChI is InChI=1S/C17H23N3O7/c1-10-9-13(18-20(10)12-3-6-25-7-4-12)19-5-8-26-14(16(19)22)15(17(23)24)27-11(2)21/h9,12,14-15H,3-8H2,1-2H3,(H,23,24)/t14-,15?/m1/s1. The number of morpholine rings is 1. The molecule has 2 aliphatic rings. The lowest BCUT2D eigenvalue weighted by molar-refractivity contribution is -0.177. The van der Waals surface area contributed by atoms with Crippen LogP contribution in [0, 0.1) is 6.92 Å². The van der Waals surface area contributed by atoms with Gasteiger partial charge in [-0.3, -0.25) is 19.2 Å². The van der Waals surface area contributed by atoms with Crippen molar-refractivity contribution in [2.75, 3.05) is 31.3 Å². The third-order valence-electron chi connectivity index (χ3n) is 4.66. The molecule has 2 aliphatic heterocycles. The molecule has 148 valence electrons. The Morgan fingerprint density at radius 1 is 1.33 bits per heavy atom. The topological polar surface area (TPSA) is 120 Å². The first-order valence-corrected chi connectivity index (χ1v) is 8.85. The second kappa shape index (κ2) is 8.05. The van der Waals surface area contributed by atoms with E-state index in [0.717, 1.165) is 25.5 Å². The summed E-state index contributed by atoms with van der Waals surface area (Å²) in [7, 11) is 0. The molecular formula is C17H23N3O7. The van der Waals surface area contributed by atoms with Crippen LogP contribution in [0.5, 0.6) is 0 Å². The van der Waals surface area contributed by atoms with Crippen LogP contribution in [0.2, 0.25) is 0 Å². The lowest BCUT2D eigenvalue weighted by Crippen LogP contribution is -2.55. The van der Waals surface area contributed by atoms with Crippen LogP contribution in [0.4, 0.5) is 5.82 Å². The molecule has 0 radical (unpaired) electrons. The molecule has 1 aromatic heterocycles. The van der Waals surface area contributed by atoms with Gasteiger partial charge in [-0.1, -0.05) is 0 Å². The number of hydrogen-bond donors (Lipinski definition) is 1. The molecule has 2 saturated heterocycles. The molecule has 0 bridgehead atoms. The summed E-state index contributed by atoms with van der Waals surface area (Å²) in [6.45, 7) is 4.69. The van der Waals surface area contributed by atoms with E-state index in [1.54, 1.807) is 6.07 Å². The number of carbonyl (C=O) groups excluding carboxylic acids is 2. The molecule has 2 fully saturated rings. The summed E-state index contributed by atoms with van der Waals surface area (Å²) in [5, 5.41) is 13.9. The summed E-state index contributed by atoms with van der Waals surface area (Å²) in [5.41, 5.74) is 0.905. The maximum Gasteiger partial charge on any atom is 0.348 e. The fourth-order valence-electron chi connectivity index (χ4n) is 3.37. The number of hydrogen-bond acceptors (Lipinski definition) is 7. The van der Waals surface area contributed by atoms with Gasteiger partial charge in [-0.2, -0.15) is 5.10 Å². The zero-order valence-electron chi connectivity index (χ0n) is 15.3. The molecule has 1 amide bonds. The van der Waals surface area contributed by atoms with Gasteiger partial charge in [0, 0.05) is 31.9 Å². The molecule has 0 aromatic carbocycles. The number of carboxylic acids is 1. The predicted octanol–water partition coefficient (Wildman–Crippen LogP) is 0.291. The van der Waals surface area contributed by atoms with E-state index in [4.69, 9.17) is 14.2 Å². The first-order chi connectivity index (χ1) is 12.9. The normalized spacial score (nSPS) is 22.5. The van der Waals surface area contributed by atoms with Crippen molar-refractivity contribution in [1.29, 1.82) is 0 Å². The van der Waals surface area contributed by atoms with Crippen molar-refractivity contribution < 1.29 is 33.7 Å². The Morgan fingerprint density at radius 3 is 2.67 bits per heavy atom. The van der Waals surface area contributed by atoms with E-state index in [1.807, 2.05) is 11.6 Å². The highest BCUT2D eigenvalue weighted by Crippen LogP contribution is 2.26. The Hall–Kier alpha value is -2.46. The summed E-state index contributed by atoms with van der Waals surface area (Å²) in [5.74, 6) is -2.39. The summed E-state index contributed by atoms with van der Waals surface area (Å²) in [4.78, 5) is 36.8. The Balaban J connectivity index is 1.81. The van der Waals surface area contributed by atoms with E-state index in [2.05, 4.69) is 5.10 Å². The van der Waals surface area contributed by atoms with Crippen LogP contribution < -0.4 is 4.90 Å². The number of amides is 1. The minimum absolute atomic E-state index is 0.116. The van der Waals surface area contributed by atoms with Crippen molar-refractivity contribution in [1.82, 2.24) is 9.78 Å². The molecule has 10 nitrogen and oxygen atoms in total. The van der Waals surface area contributed by atoms with Crippen molar-refractivity contribution in [3.8, 4) is 0 Å². The van der Waals surface area contributed by atoms with Gasteiger partial charge in [-0.05, 0) is 19.8 Å².